The van der Waals surface area contributed by atoms with Gasteiger partial charge in [0.1, 0.15) is 6.04 Å². The number of furan rings is 1. The predicted molar refractivity (Wildman–Crippen MR) is 72.6 cm³/mol. The lowest BCUT2D eigenvalue weighted by Crippen LogP contribution is -2.54. The highest BCUT2D eigenvalue weighted by Gasteiger charge is 2.36. The molecule has 0 bridgehead atoms. The quantitative estimate of drug-likeness (QED) is 0.852. The summed E-state index contributed by atoms with van der Waals surface area (Å²) in [5.74, 6) is -1.88. The Balaban J connectivity index is 1.95. The SMILES string of the molecule is CC1CCCN(C(=O)CNC(=O)c2ccco2)C1C(=O)O. The Morgan fingerprint density at radius 2 is 2.24 bits per heavy atom. The summed E-state index contributed by atoms with van der Waals surface area (Å²) in [5.41, 5.74) is 0. The van der Waals surface area contributed by atoms with E-state index in [0.717, 1.165) is 12.8 Å². The number of amides is 2. The third-order valence-corrected chi connectivity index (χ3v) is 3.65. The summed E-state index contributed by atoms with van der Waals surface area (Å²) in [5, 5.41) is 11.7. The summed E-state index contributed by atoms with van der Waals surface area (Å²) in [6, 6.07) is 2.23. The van der Waals surface area contributed by atoms with Crippen molar-refractivity contribution >= 4 is 17.8 Å². The van der Waals surface area contributed by atoms with Gasteiger partial charge in [-0.25, -0.2) is 4.79 Å². The molecule has 2 unspecified atom stereocenters. The molecule has 21 heavy (non-hydrogen) atoms. The molecule has 0 radical (unpaired) electrons. The number of likely N-dealkylation sites (tertiary alicyclic amines) is 1. The lowest BCUT2D eigenvalue weighted by molar-refractivity contribution is -0.154. The smallest absolute Gasteiger partial charge is 0.326 e. The highest BCUT2D eigenvalue weighted by molar-refractivity contribution is 5.94. The van der Waals surface area contributed by atoms with E-state index in [1.807, 2.05) is 6.92 Å². The van der Waals surface area contributed by atoms with Gasteiger partial charge in [0.25, 0.3) is 5.91 Å². The number of aliphatic carboxylic acids is 1. The second-order valence-electron chi connectivity index (χ2n) is 5.15. The maximum absolute atomic E-state index is 12.1. The second kappa shape index (κ2) is 6.43. The third kappa shape index (κ3) is 3.42. The van der Waals surface area contributed by atoms with Crippen molar-refractivity contribution in [3.05, 3.63) is 24.2 Å². The van der Waals surface area contributed by atoms with Gasteiger partial charge in [-0.15, -0.1) is 0 Å². The molecule has 2 heterocycles. The van der Waals surface area contributed by atoms with Gasteiger partial charge in [0.15, 0.2) is 5.76 Å². The number of nitrogens with zero attached hydrogens (tertiary/aromatic N) is 1. The molecule has 7 nitrogen and oxygen atoms in total. The van der Waals surface area contributed by atoms with E-state index in [1.165, 1.54) is 17.2 Å². The van der Waals surface area contributed by atoms with Crippen molar-refractivity contribution in [2.75, 3.05) is 13.1 Å². The van der Waals surface area contributed by atoms with Crippen LogP contribution in [-0.4, -0.2) is 46.9 Å². The van der Waals surface area contributed by atoms with Gasteiger partial charge in [-0.2, -0.15) is 0 Å². The number of carboxylic acid groups (broad SMARTS) is 1. The maximum Gasteiger partial charge on any atom is 0.326 e. The van der Waals surface area contributed by atoms with E-state index in [1.54, 1.807) is 6.07 Å². The van der Waals surface area contributed by atoms with E-state index >= 15 is 0 Å². The number of carbonyl (C=O) groups excluding carboxylic acids is 2. The largest absolute Gasteiger partial charge is 0.480 e. The lowest BCUT2D eigenvalue weighted by atomic mass is 9.91. The van der Waals surface area contributed by atoms with Crippen LogP contribution in [0.4, 0.5) is 0 Å². The molecule has 114 valence electrons. The van der Waals surface area contributed by atoms with Gasteiger partial charge in [-0.3, -0.25) is 9.59 Å². The van der Waals surface area contributed by atoms with Crippen LogP contribution in [-0.2, 0) is 9.59 Å². The van der Waals surface area contributed by atoms with E-state index in [9.17, 15) is 19.5 Å². The van der Waals surface area contributed by atoms with Gasteiger partial charge in [-0.05, 0) is 30.9 Å². The molecule has 2 atom stereocenters. The molecule has 0 aromatic carbocycles. The van der Waals surface area contributed by atoms with Gasteiger partial charge >= 0.3 is 5.97 Å². The molecule has 0 saturated carbocycles. The Morgan fingerprint density at radius 3 is 2.86 bits per heavy atom. The average Bonchev–Trinajstić information content (AvgIpc) is 2.97. The fraction of sp³-hybridized carbons (Fsp3) is 0.500. The van der Waals surface area contributed by atoms with Crippen molar-refractivity contribution in [2.45, 2.75) is 25.8 Å². The number of hydrogen-bond donors (Lipinski definition) is 2. The van der Waals surface area contributed by atoms with Crippen molar-refractivity contribution in [2.24, 2.45) is 5.92 Å². The average molecular weight is 294 g/mol. The Labute approximate surface area is 121 Å². The molecule has 2 N–H and O–H groups in total. The number of carboxylic acids is 1. The molecule has 0 aliphatic carbocycles. The lowest BCUT2D eigenvalue weighted by Gasteiger charge is -2.37. The van der Waals surface area contributed by atoms with Crippen LogP contribution in [0.5, 0.6) is 0 Å². The van der Waals surface area contributed by atoms with Crippen molar-refractivity contribution < 1.29 is 23.9 Å². The van der Waals surface area contributed by atoms with Gasteiger partial charge in [0.05, 0.1) is 12.8 Å². The van der Waals surface area contributed by atoms with Gasteiger partial charge < -0.3 is 19.7 Å². The van der Waals surface area contributed by atoms with Crippen molar-refractivity contribution in [1.29, 1.82) is 0 Å². The van der Waals surface area contributed by atoms with Crippen molar-refractivity contribution in [3.8, 4) is 0 Å². The third-order valence-electron chi connectivity index (χ3n) is 3.65. The summed E-state index contributed by atoms with van der Waals surface area (Å²) in [6.07, 6.45) is 2.91. The Bertz CT molecular complexity index is 525. The minimum atomic E-state index is -1.01. The van der Waals surface area contributed by atoms with Crippen molar-refractivity contribution in [3.63, 3.8) is 0 Å². The van der Waals surface area contributed by atoms with Gasteiger partial charge in [0.2, 0.25) is 5.91 Å². The normalized spacial score (nSPS) is 21.9. The molecule has 0 spiro atoms. The minimum Gasteiger partial charge on any atom is -0.480 e. The molecule has 1 aliphatic heterocycles. The van der Waals surface area contributed by atoms with Crippen LogP contribution in [0.1, 0.15) is 30.3 Å². The fourth-order valence-corrected chi connectivity index (χ4v) is 2.60. The molecule has 1 aromatic rings. The van der Waals surface area contributed by atoms with Crippen LogP contribution < -0.4 is 5.32 Å². The molecular formula is C14H18N2O5. The number of nitrogens with one attached hydrogen (secondary N) is 1. The van der Waals surface area contributed by atoms with Crippen LogP contribution in [0.15, 0.2) is 22.8 Å². The number of hydrogen-bond acceptors (Lipinski definition) is 4. The van der Waals surface area contributed by atoms with Crippen LogP contribution >= 0.6 is 0 Å². The molecule has 2 amide bonds. The molecule has 7 heteroatoms. The zero-order chi connectivity index (χ0) is 15.4. The van der Waals surface area contributed by atoms with Crippen LogP contribution in [0.2, 0.25) is 0 Å². The van der Waals surface area contributed by atoms with E-state index in [4.69, 9.17) is 4.42 Å². The fourth-order valence-electron chi connectivity index (χ4n) is 2.60. The molecule has 1 aromatic heterocycles. The molecule has 1 aliphatic rings. The van der Waals surface area contributed by atoms with Gasteiger partial charge in [-0.1, -0.05) is 6.92 Å². The van der Waals surface area contributed by atoms with E-state index < -0.39 is 23.8 Å². The van der Waals surface area contributed by atoms with E-state index in [0.29, 0.717) is 6.54 Å². The van der Waals surface area contributed by atoms with Crippen LogP contribution in [0.25, 0.3) is 0 Å². The zero-order valence-electron chi connectivity index (χ0n) is 11.7. The standard InChI is InChI=1S/C14H18N2O5/c1-9-4-2-6-16(12(9)14(19)20)11(17)8-15-13(18)10-5-3-7-21-10/h3,5,7,9,12H,2,4,6,8H2,1H3,(H,15,18)(H,19,20). The highest BCUT2D eigenvalue weighted by atomic mass is 16.4. The Morgan fingerprint density at radius 1 is 1.48 bits per heavy atom. The first-order chi connectivity index (χ1) is 10.0. The molecular weight excluding hydrogens is 276 g/mol. The summed E-state index contributed by atoms with van der Waals surface area (Å²) in [4.78, 5) is 36.5. The summed E-state index contributed by atoms with van der Waals surface area (Å²) in [6.45, 7) is 1.98. The van der Waals surface area contributed by atoms with Crippen LogP contribution in [0.3, 0.4) is 0 Å². The Kier molecular flexibility index (Phi) is 4.62. The molecule has 1 saturated heterocycles. The molecule has 1 fully saturated rings. The first-order valence-corrected chi connectivity index (χ1v) is 6.84. The van der Waals surface area contributed by atoms with Gasteiger partial charge in [0, 0.05) is 6.54 Å². The minimum absolute atomic E-state index is 0.0963. The highest BCUT2D eigenvalue weighted by Crippen LogP contribution is 2.23. The maximum atomic E-state index is 12.1. The van der Waals surface area contributed by atoms with Crippen LogP contribution in [0, 0.1) is 5.92 Å². The summed E-state index contributed by atoms with van der Waals surface area (Å²) < 4.78 is 4.92. The first-order valence-electron chi connectivity index (χ1n) is 6.84. The zero-order valence-corrected chi connectivity index (χ0v) is 11.7. The number of carbonyl (C=O) groups is 3. The van der Waals surface area contributed by atoms with E-state index in [-0.39, 0.29) is 18.2 Å². The Hall–Kier alpha value is -2.31. The first kappa shape index (κ1) is 15.1. The van der Waals surface area contributed by atoms with E-state index in [2.05, 4.69) is 5.32 Å². The predicted octanol–water partition coefficient (Wildman–Crippen LogP) is 0.721. The topological polar surface area (TPSA) is 99.9 Å². The number of rotatable bonds is 4. The summed E-state index contributed by atoms with van der Waals surface area (Å²) in [7, 11) is 0. The second-order valence-corrected chi connectivity index (χ2v) is 5.15. The van der Waals surface area contributed by atoms with Crippen molar-refractivity contribution in [1.82, 2.24) is 10.2 Å². The number of piperidine rings is 1. The summed E-state index contributed by atoms with van der Waals surface area (Å²) >= 11 is 0. The molecule has 2 rings (SSSR count). The monoisotopic (exact) mass is 294 g/mol.